The molecule has 6 heteroatoms. The molecule has 25 heavy (non-hydrogen) atoms. The first-order valence-electron chi connectivity index (χ1n) is 7.59. The highest BCUT2D eigenvalue weighted by Gasteiger charge is 2.16. The third-order valence-corrected chi connectivity index (χ3v) is 4.89. The van der Waals surface area contributed by atoms with Crippen LogP contribution < -0.4 is 10.0 Å². The molecule has 3 aromatic rings. The van der Waals surface area contributed by atoms with Gasteiger partial charge in [-0.3, -0.25) is 9.52 Å². The molecule has 1 amide bonds. The van der Waals surface area contributed by atoms with Crippen LogP contribution in [0.4, 0.5) is 11.4 Å². The van der Waals surface area contributed by atoms with E-state index in [4.69, 9.17) is 0 Å². The number of carbonyl (C=O) groups is 1. The second-order valence-electron chi connectivity index (χ2n) is 5.28. The van der Waals surface area contributed by atoms with Gasteiger partial charge in [-0.05, 0) is 36.4 Å². The zero-order chi connectivity index (χ0) is 17.7. The van der Waals surface area contributed by atoms with Crippen molar-refractivity contribution < 1.29 is 13.2 Å². The lowest BCUT2D eigenvalue weighted by atomic mass is 10.2. The Hall–Kier alpha value is -3.12. The molecule has 0 aliphatic carbocycles. The van der Waals surface area contributed by atoms with Gasteiger partial charge in [0, 0.05) is 5.56 Å². The lowest BCUT2D eigenvalue weighted by Crippen LogP contribution is -2.17. The summed E-state index contributed by atoms with van der Waals surface area (Å²) in [4.78, 5) is 12.5. The van der Waals surface area contributed by atoms with Gasteiger partial charge in [0.25, 0.3) is 15.9 Å². The highest BCUT2D eigenvalue weighted by Crippen LogP contribution is 2.25. The zero-order valence-electron chi connectivity index (χ0n) is 13.2. The minimum atomic E-state index is -3.74. The Morgan fingerprint density at radius 1 is 0.680 bits per heavy atom. The number of amides is 1. The van der Waals surface area contributed by atoms with Crippen molar-refractivity contribution in [1.82, 2.24) is 0 Å². The van der Waals surface area contributed by atoms with Crippen molar-refractivity contribution in [2.75, 3.05) is 10.0 Å². The van der Waals surface area contributed by atoms with E-state index in [1.165, 1.54) is 12.1 Å². The number of hydrogen-bond donors (Lipinski definition) is 2. The first-order valence-corrected chi connectivity index (χ1v) is 9.08. The number of nitrogens with one attached hydrogen (secondary N) is 2. The van der Waals surface area contributed by atoms with Crippen LogP contribution in [-0.4, -0.2) is 14.3 Å². The maximum Gasteiger partial charge on any atom is 0.261 e. The highest BCUT2D eigenvalue weighted by molar-refractivity contribution is 7.92. The second kappa shape index (κ2) is 7.19. The number of para-hydroxylation sites is 2. The number of hydrogen-bond acceptors (Lipinski definition) is 3. The molecule has 0 aliphatic rings. The minimum absolute atomic E-state index is 0.152. The first kappa shape index (κ1) is 16.7. The predicted molar refractivity (Wildman–Crippen MR) is 98.1 cm³/mol. The number of anilines is 2. The number of benzene rings is 3. The molecule has 0 aliphatic heterocycles. The van der Waals surface area contributed by atoms with Gasteiger partial charge in [-0.1, -0.05) is 48.5 Å². The Bertz CT molecular complexity index is 972. The Labute approximate surface area is 146 Å². The summed E-state index contributed by atoms with van der Waals surface area (Å²) in [5, 5.41) is 2.73. The Kier molecular flexibility index (Phi) is 4.81. The SMILES string of the molecule is O=C(Nc1ccccc1NS(=O)(=O)c1ccccc1)c1ccccc1. The van der Waals surface area contributed by atoms with Gasteiger partial charge in [0.2, 0.25) is 0 Å². The molecule has 3 rings (SSSR count). The second-order valence-corrected chi connectivity index (χ2v) is 6.97. The van der Waals surface area contributed by atoms with Crippen LogP contribution in [0.2, 0.25) is 0 Å². The summed E-state index contributed by atoms with van der Waals surface area (Å²) >= 11 is 0. The van der Waals surface area contributed by atoms with Crippen molar-refractivity contribution in [1.29, 1.82) is 0 Å². The Morgan fingerprint density at radius 3 is 1.84 bits per heavy atom. The van der Waals surface area contributed by atoms with Crippen molar-refractivity contribution in [2.45, 2.75) is 4.90 Å². The number of carbonyl (C=O) groups excluding carboxylic acids is 1. The summed E-state index contributed by atoms with van der Waals surface area (Å²) in [6, 6.07) is 23.4. The van der Waals surface area contributed by atoms with Crippen molar-refractivity contribution in [3.8, 4) is 0 Å². The number of sulfonamides is 1. The van der Waals surface area contributed by atoms with E-state index < -0.39 is 10.0 Å². The van der Waals surface area contributed by atoms with E-state index in [0.717, 1.165) is 0 Å². The molecule has 0 fully saturated rings. The summed E-state index contributed by atoms with van der Waals surface area (Å²) in [7, 11) is -3.74. The third kappa shape index (κ3) is 4.05. The van der Waals surface area contributed by atoms with E-state index in [0.29, 0.717) is 16.9 Å². The van der Waals surface area contributed by atoms with Crippen molar-refractivity contribution >= 4 is 27.3 Å². The molecule has 0 atom stereocenters. The fourth-order valence-corrected chi connectivity index (χ4v) is 3.37. The van der Waals surface area contributed by atoms with E-state index in [9.17, 15) is 13.2 Å². The van der Waals surface area contributed by atoms with E-state index in [2.05, 4.69) is 10.0 Å². The summed E-state index contributed by atoms with van der Waals surface area (Å²) in [6.45, 7) is 0. The van der Waals surface area contributed by atoms with Crippen LogP contribution in [-0.2, 0) is 10.0 Å². The molecule has 0 bridgehead atoms. The molecule has 126 valence electrons. The van der Waals surface area contributed by atoms with E-state index in [1.54, 1.807) is 66.7 Å². The van der Waals surface area contributed by atoms with Gasteiger partial charge in [-0.15, -0.1) is 0 Å². The Morgan fingerprint density at radius 2 is 1.20 bits per heavy atom. The summed E-state index contributed by atoms with van der Waals surface area (Å²) in [6.07, 6.45) is 0. The van der Waals surface area contributed by atoms with Crippen molar-refractivity contribution in [3.05, 3.63) is 90.5 Å². The van der Waals surface area contributed by atoms with Crippen LogP contribution in [0.15, 0.2) is 89.8 Å². The lowest BCUT2D eigenvalue weighted by molar-refractivity contribution is 0.102. The quantitative estimate of drug-likeness (QED) is 0.734. The minimum Gasteiger partial charge on any atom is -0.320 e. The average molecular weight is 352 g/mol. The molecule has 0 heterocycles. The molecule has 0 radical (unpaired) electrons. The van der Waals surface area contributed by atoms with E-state index in [1.807, 2.05) is 6.07 Å². The van der Waals surface area contributed by atoms with Gasteiger partial charge in [0.15, 0.2) is 0 Å². The monoisotopic (exact) mass is 352 g/mol. The topological polar surface area (TPSA) is 75.3 Å². The zero-order valence-corrected chi connectivity index (χ0v) is 14.0. The molecular weight excluding hydrogens is 336 g/mol. The summed E-state index contributed by atoms with van der Waals surface area (Å²) in [5.74, 6) is -0.313. The first-order chi connectivity index (χ1) is 12.1. The van der Waals surface area contributed by atoms with Crippen LogP contribution in [0.1, 0.15) is 10.4 Å². The van der Waals surface area contributed by atoms with Crippen LogP contribution in [0.5, 0.6) is 0 Å². The predicted octanol–water partition coefficient (Wildman–Crippen LogP) is 3.74. The molecule has 0 saturated carbocycles. The molecule has 3 aromatic carbocycles. The smallest absolute Gasteiger partial charge is 0.261 e. The average Bonchev–Trinajstić information content (AvgIpc) is 2.64. The largest absolute Gasteiger partial charge is 0.320 e. The third-order valence-electron chi connectivity index (χ3n) is 3.51. The van der Waals surface area contributed by atoms with Gasteiger partial charge in [-0.25, -0.2) is 8.42 Å². The molecule has 0 unspecified atom stereocenters. The molecule has 0 saturated heterocycles. The van der Waals surface area contributed by atoms with Gasteiger partial charge in [-0.2, -0.15) is 0 Å². The summed E-state index contributed by atoms with van der Waals surface area (Å²) in [5.41, 5.74) is 1.18. The van der Waals surface area contributed by atoms with E-state index >= 15 is 0 Å². The van der Waals surface area contributed by atoms with Gasteiger partial charge < -0.3 is 5.32 Å². The molecule has 0 aromatic heterocycles. The highest BCUT2D eigenvalue weighted by atomic mass is 32.2. The lowest BCUT2D eigenvalue weighted by Gasteiger charge is -2.13. The maximum atomic E-state index is 12.5. The van der Waals surface area contributed by atoms with Crippen molar-refractivity contribution in [3.63, 3.8) is 0 Å². The van der Waals surface area contributed by atoms with Gasteiger partial charge >= 0.3 is 0 Å². The molecule has 5 nitrogen and oxygen atoms in total. The van der Waals surface area contributed by atoms with Crippen LogP contribution >= 0.6 is 0 Å². The van der Waals surface area contributed by atoms with Gasteiger partial charge in [0.1, 0.15) is 0 Å². The summed E-state index contributed by atoms with van der Waals surface area (Å²) < 4.78 is 27.5. The normalized spacial score (nSPS) is 10.9. The maximum absolute atomic E-state index is 12.5. The van der Waals surface area contributed by atoms with Crippen LogP contribution in [0, 0.1) is 0 Å². The fraction of sp³-hybridized carbons (Fsp3) is 0. The molecular formula is C19H16N2O3S. The molecule has 0 spiro atoms. The number of rotatable bonds is 5. The Balaban J connectivity index is 1.86. The van der Waals surface area contributed by atoms with Crippen LogP contribution in [0.3, 0.4) is 0 Å². The van der Waals surface area contributed by atoms with Crippen molar-refractivity contribution in [2.24, 2.45) is 0 Å². The van der Waals surface area contributed by atoms with E-state index in [-0.39, 0.29) is 10.8 Å². The van der Waals surface area contributed by atoms with Gasteiger partial charge in [0.05, 0.1) is 16.3 Å². The molecule has 2 N–H and O–H groups in total. The fourth-order valence-electron chi connectivity index (χ4n) is 2.27. The van der Waals surface area contributed by atoms with Crippen LogP contribution in [0.25, 0.3) is 0 Å². The standard InChI is InChI=1S/C19H16N2O3S/c22-19(15-9-3-1-4-10-15)20-17-13-7-8-14-18(17)21-25(23,24)16-11-5-2-6-12-16/h1-14,21H,(H,20,22).